The monoisotopic (exact) mass is 502 g/mol. The van der Waals surface area contributed by atoms with Gasteiger partial charge in [0, 0.05) is 12.3 Å². The third-order valence-electron chi connectivity index (χ3n) is 5.06. The molecule has 2 aromatic rings. The molecule has 0 aliphatic rings. The number of carbonyl (C=O) groups is 4. The van der Waals surface area contributed by atoms with E-state index < -0.39 is 53.8 Å². The molecular formula is C25H30N2O9. The number of benzene rings is 1. The molecule has 1 aromatic heterocycles. The third kappa shape index (κ3) is 7.97. The van der Waals surface area contributed by atoms with Crippen molar-refractivity contribution < 1.29 is 43.2 Å². The Balaban J connectivity index is 2.12. The van der Waals surface area contributed by atoms with Crippen LogP contribution >= 0.6 is 0 Å². The first-order chi connectivity index (χ1) is 17.2. The van der Waals surface area contributed by atoms with Crippen LogP contribution in [0.15, 0.2) is 42.6 Å². The number of hydrogen-bond acceptors (Lipinski definition) is 10. The lowest BCUT2D eigenvalue weighted by atomic mass is 10.00. The number of amides is 1. The molecule has 0 bridgehead atoms. The maximum Gasteiger partial charge on any atom is 0.331 e. The molecule has 0 saturated carbocycles. The zero-order valence-electron chi connectivity index (χ0n) is 20.6. The number of esters is 3. The number of methoxy groups -OCH3 is 2. The first kappa shape index (κ1) is 28.1. The highest BCUT2D eigenvalue weighted by Gasteiger charge is 2.29. The molecule has 11 nitrogen and oxygen atoms in total. The highest BCUT2D eigenvalue weighted by Crippen LogP contribution is 2.27. The highest BCUT2D eigenvalue weighted by atomic mass is 16.6. The smallest absolute Gasteiger partial charge is 0.331 e. The molecule has 1 aromatic carbocycles. The zero-order valence-corrected chi connectivity index (χ0v) is 20.6. The van der Waals surface area contributed by atoms with Gasteiger partial charge < -0.3 is 29.4 Å². The van der Waals surface area contributed by atoms with E-state index in [4.69, 9.17) is 18.9 Å². The maximum absolute atomic E-state index is 12.9. The Kier molecular flexibility index (Phi) is 10.7. The van der Waals surface area contributed by atoms with Gasteiger partial charge in [-0.15, -0.1) is 0 Å². The van der Waals surface area contributed by atoms with Crippen LogP contribution in [0.4, 0.5) is 0 Å². The van der Waals surface area contributed by atoms with Crippen molar-refractivity contribution >= 4 is 23.8 Å². The van der Waals surface area contributed by atoms with E-state index in [1.165, 1.54) is 19.4 Å². The molecule has 36 heavy (non-hydrogen) atoms. The lowest BCUT2D eigenvalue weighted by molar-refractivity contribution is -0.158. The van der Waals surface area contributed by atoms with Gasteiger partial charge >= 0.3 is 17.9 Å². The molecule has 2 rings (SSSR count). The van der Waals surface area contributed by atoms with Crippen molar-refractivity contribution in [2.75, 3.05) is 27.4 Å². The van der Waals surface area contributed by atoms with Gasteiger partial charge in [0.05, 0.1) is 26.1 Å². The Morgan fingerprint density at radius 2 is 1.61 bits per heavy atom. The molecule has 2 atom stereocenters. The van der Waals surface area contributed by atoms with Gasteiger partial charge in [-0.25, -0.2) is 9.78 Å². The van der Waals surface area contributed by atoms with Crippen LogP contribution in [0.3, 0.4) is 0 Å². The van der Waals surface area contributed by atoms with Crippen LogP contribution in [-0.4, -0.2) is 67.4 Å². The SMILES string of the molecule is COC(=O)C(COC(=O)C(COC(=O)C(C)C)Cc1ccccc1)NC(=O)c1nccc(OC)c1O. The first-order valence-corrected chi connectivity index (χ1v) is 11.2. The van der Waals surface area contributed by atoms with Gasteiger partial charge in [0.1, 0.15) is 13.2 Å². The molecule has 0 aliphatic carbocycles. The number of aromatic hydroxyl groups is 1. The average Bonchev–Trinajstić information content (AvgIpc) is 2.88. The van der Waals surface area contributed by atoms with Crippen LogP contribution in [0.5, 0.6) is 11.5 Å². The fourth-order valence-corrected chi connectivity index (χ4v) is 3.05. The number of hydrogen-bond donors (Lipinski definition) is 2. The Bertz CT molecular complexity index is 1060. The predicted molar refractivity (Wildman–Crippen MR) is 126 cm³/mol. The summed E-state index contributed by atoms with van der Waals surface area (Å²) in [6, 6.07) is 9.03. The van der Waals surface area contributed by atoms with Crippen molar-refractivity contribution in [3.63, 3.8) is 0 Å². The van der Waals surface area contributed by atoms with Gasteiger partial charge in [-0.1, -0.05) is 44.2 Å². The molecule has 11 heteroatoms. The van der Waals surface area contributed by atoms with E-state index in [1.54, 1.807) is 13.8 Å². The normalized spacial score (nSPS) is 12.2. The van der Waals surface area contributed by atoms with Crippen molar-refractivity contribution in [3.8, 4) is 11.5 Å². The second kappa shape index (κ2) is 13.7. The number of ether oxygens (including phenoxy) is 4. The third-order valence-corrected chi connectivity index (χ3v) is 5.06. The van der Waals surface area contributed by atoms with E-state index in [9.17, 15) is 24.3 Å². The van der Waals surface area contributed by atoms with Gasteiger partial charge in [-0.3, -0.25) is 14.4 Å². The minimum atomic E-state index is -1.39. The fraction of sp³-hybridized carbons (Fsp3) is 0.400. The van der Waals surface area contributed by atoms with E-state index in [1.807, 2.05) is 30.3 Å². The van der Waals surface area contributed by atoms with Crippen LogP contribution in [0, 0.1) is 11.8 Å². The lowest BCUT2D eigenvalue weighted by Gasteiger charge is -2.20. The second-order valence-electron chi connectivity index (χ2n) is 8.06. The summed E-state index contributed by atoms with van der Waals surface area (Å²) >= 11 is 0. The van der Waals surface area contributed by atoms with Crippen LogP contribution in [0.2, 0.25) is 0 Å². The Morgan fingerprint density at radius 1 is 0.944 bits per heavy atom. The number of nitrogens with zero attached hydrogens (tertiary/aromatic N) is 1. The minimum absolute atomic E-state index is 0.0101. The fourth-order valence-electron chi connectivity index (χ4n) is 3.05. The number of nitrogens with one attached hydrogen (secondary N) is 1. The summed E-state index contributed by atoms with van der Waals surface area (Å²) in [6.07, 6.45) is 1.47. The van der Waals surface area contributed by atoms with Gasteiger partial charge in [0.15, 0.2) is 23.2 Å². The first-order valence-electron chi connectivity index (χ1n) is 11.2. The van der Waals surface area contributed by atoms with Gasteiger partial charge in [0.2, 0.25) is 0 Å². The van der Waals surface area contributed by atoms with E-state index in [-0.39, 0.29) is 24.7 Å². The summed E-state index contributed by atoms with van der Waals surface area (Å²) in [5.41, 5.74) is 0.426. The molecule has 0 radical (unpaired) electrons. The van der Waals surface area contributed by atoms with Crippen molar-refractivity contribution in [2.45, 2.75) is 26.3 Å². The average molecular weight is 503 g/mol. The molecule has 1 amide bonds. The lowest BCUT2D eigenvalue weighted by Crippen LogP contribution is -2.46. The molecule has 194 valence electrons. The van der Waals surface area contributed by atoms with E-state index in [0.29, 0.717) is 0 Å². The van der Waals surface area contributed by atoms with Crippen molar-refractivity contribution in [1.82, 2.24) is 10.3 Å². The number of pyridine rings is 1. The molecule has 0 saturated heterocycles. The van der Waals surface area contributed by atoms with Crippen LogP contribution < -0.4 is 10.1 Å². The van der Waals surface area contributed by atoms with Gasteiger partial charge in [0.25, 0.3) is 5.91 Å². The quantitative estimate of drug-likeness (QED) is 0.324. The Labute approximate surface area is 208 Å². The molecule has 0 spiro atoms. The van der Waals surface area contributed by atoms with Crippen LogP contribution in [0.25, 0.3) is 0 Å². The van der Waals surface area contributed by atoms with Crippen molar-refractivity contribution in [3.05, 3.63) is 53.9 Å². The Morgan fingerprint density at radius 3 is 2.22 bits per heavy atom. The predicted octanol–water partition coefficient (Wildman–Crippen LogP) is 1.67. The summed E-state index contributed by atoms with van der Waals surface area (Å²) < 4.78 is 20.2. The molecule has 1 heterocycles. The van der Waals surface area contributed by atoms with Crippen molar-refractivity contribution in [1.29, 1.82) is 0 Å². The van der Waals surface area contributed by atoms with E-state index in [2.05, 4.69) is 10.3 Å². The number of aromatic nitrogens is 1. The molecule has 0 fully saturated rings. The summed E-state index contributed by atoms with van der Waals surface area (Å²) in [5.74, 6) is -4.74. The number of carbonyl (C=O) groups excluding carboxylic acids is 4. The van der Waals surface area contributed by atoms with Gasteiger partial charge in [-0.2, -0.15) is 0 Å². The van der Waals surface area contributed by atoms with Crippen LogP contribution in [0.1, 0.15) is 29.9 Å². The van der Waals surface area contributed by atoms with Gasteiger partial charge in [-0.05, 0) is 12.0 Å². The van der Waals surface area contributed by atoms with Crippen LogP contribution in [-0.2, 0) is 35.0 Å². The largest absolute Gasteiger partial charge is 0.503 e. The van der Waals surface area contributed by atoms with E-state index in [0.717, 1.165) is 12.7 Å². The molecule has 2 unspecified atom stereocenters. The summed E-state index contributed by atoms with van der Waals surface area (Å²) in [5, 5.41) is 12.5. The maximum atomic E-state index is 12.9. The second-order valence-corrected chi connectivity index (χ2v) is 8.06. The topological polar surface area (TPSA) is 150 Å². The minimum Gasteiger partial charge on any atom is -0.503 e. The molecule has 0 aliphatic heterocycles. The summed E-state index contributed by atoms with van der Waals surface area (Å²) in [7, 11) is 2.41. The standard InChI is InChI=1S/C25H30N2O9/c1-15(2)23(30)35-13-17(12-16-8-6-5-7-9-16)24(31)36-14-18(25(32)34-4)27-22(29)20-21(28)19(33-3)10-11-26-20/h5-11,15,17-18,28H,12-14H2,1-4H3,(H,27,29). The Hall–Kier alpha value is -4.15. The number of rotatable bonds is 12. The summed E-state index contributed by atoms with van der Waals surface area (Å²) in [4.78, 5) is 53.5. The van der Waals surface area contributed by atoms with Crippen molar-refractivity contribution in [2.24, 2.45) is 11.8 Å². The zero-order chi connectivity index (χ0) is 26.7. The molecular weight excluding hydrogens is 472 g/mol. The molecule has 2 N–H and O–H groups in total. The van der Waals surface area contributed by atoms with E-state index >= 15 is 0 Å². The summed E-state index contributed by atoms with van der Waals surface area (Å²) in [6.45, 7) is 2.56. The highest BCUT2D eigenvalue weighted by molar-refractivity contribution is 5.98.